The van der Waals surface area contributed by atoms with E-state index in [0.29, 0.717) is 5.15 Å². The fourth-order valence-corrected chi connectivity index (χ4v) is 1.60. The van der Waals surface area contributed by atoms with Gasteiger partial charge in [0.15, 0.2) is 0 Å². The highest BCUT2D eigenvalue weighted by Gasteiger charge is 2.03. The number of nitrogens with zero attached hydrogens (tertiary/aromatic N) is 2. The van der Waals surface area contributed by atoms with E-state index in [1.807, 2.05) is 16.4 Å². The molecule has 0 aliphatic heterocycles. The summed E-state index contributed by atoms with van der Waals surface area (Å²) in [6, 6.07) is 3.85. The first kappa shape index (κ1) is 10.8. The third-order valence-electron chi connectivity index (χ3n) is 1.67. The molecule has 0 atom stereocenters. The van der Waals surface area contributed by atoms with Gasteiger partial charge in [0.05, 0.1) is 0 Å². The third kappa shape index (κ3) is 3.55. The summed E-state index contributed by atoms with van der Waals surface area (Å²) in [7, 11) is 0. The van der Waals surface area contributed by atoms with Crippen LogP contribution >= 0.6 is 24.4 Å². The molecule has 0 saturated carbocycles. The van der Waals surface area contributed by atoms with Crippen LogP contribution in [0.1, 0.15) is 18.9 Å². The van der Waals surface area contributed by atoms with E-state index in [-0.39, 0.29) is 0 Å². The highest BCUT2D eigenvalue weighted by Crippen LogP contribution is 2.14. The van der Waals surface area contributed by atoms with Crippen molar-refractivity contribution in [1.29, 1.82) is 0 Å². The van der Waals surface area contributed by atoms with Crippen LogP contribution in [0.25, 0.3) is 0 Å². The van der Waals surface area contributed by atoms with E-state index in [1.54, 1.807) is 6.20 Å². The summed E-state index contributed by atoms with van der Waals surface area (Å²) in [5.41, 5.74) is 1.02. The lowest BCUT2D eigenvalue weighted by atomic mass is 10.3. The molecule has 72 valence electrons. The zero-order chi connectivity index (χ0) is 9.68. The molecule has 0 spiro atoms. The van der Waals surface area contributed by atoms with Crippen molar-refractivity contribution in [3.8, 4) is 0 Å². The SMILES string of the molecule is CCCN(S)Cc1cccnc1Cl. The number of hydrogen-bond donors (Lipinski definition) is 1. The maximum absolute atomic E-state index is 5.90. The number of hydrogen-bond acceptors (Lipinski definition) is 3. The second-order valence-corrected chi connectivity index (χ2v) is 3.77. The maximum atomic E-state index is 5.90. The summed E-state index contributed by atoms with van der Waals surface area (Å²) in [5, 5.41) is 0.567. The largest absolute Gasteiger partial charge is 0.249 e. The Bertz CT molecular complexity index is 268. The lowest BCUT2D eigenvalue weighted by Gasteiger charge is -2.14. The third-order valence-corrected chi connectivity index (χ3v) is 2.35. The predicted molar refractivity (Wildman–Crippen MR) is 58.9 cm³/mol. The molecule has 0 saturated heterocycles. The number of halogens is 1. The molecule has 1 aromatic heterocycles. The van der Waals surface area contributed by atoms with Gasteiger partial charge in [0.2, 0.25) is 0 Å². The second-order valence-electron chi connectivity index (χ2n) is 2.84. The van der Waals surface area contributed by atoms with Gasteiger partial charge in [0, 0.05) is 24.8 Å². The minimum Gasteiger partial charge on any atom is -0.249 e. The Morgan fingerprint density at radius 3 is 3.00 bits per heavy atom. The van der Waals surface area contributed by atoms with E-state index in [1.165, 1.54) is 0 Å². The van der Waals surface area contributed by atoms with Gasteiger partial charge in [-0.25, -0.2) is 9.29 Å². The summed E-state index contributed by atoms with van der Waals surface area (Å²) in [6.45, 7) is 3.81. The van der Waals surface area contributed by atoms with Gasteiger partial charge in [-0.1, -0.05) is 37.4 Å². The average molecular weight is 217 g/mol. The van der Waals surface area contributed by atoms with Gasteiger partial charge in [-0.05, 0) is 12.5 Å². The maximum Gasteiger partial charge on any atom is 0.133 e. The van der Waals surface area contributed by atoms with E-state index >= 15 is 0 Å². The highest BCUT2D eigenvalue weighted by molar-refractivity contribution is 7.77. The Morgan fingerprint density at radius 2 is 2.38 bits per heavy atom. The van der Waals surface area contributed by atoms with E-state index < -0.39 is 0 Å². The molecule has 1 aromatic rings. The molecule has 0 radical (unpaired) electrons. The predicted octanol–water partition coefficient (Wildman–Crippen LogP) is 2.79. The lowest BCUT2D eigenvalue weighted by molar-refractivity contribution is 0.470. The summed E-state index contributed by atoms with van der Waals surface area (Å²) < 4.78 is 1.93. The van der Waals surface area contributed by atoms with Crippen LogP contribution in [0.2, 0.25) is 5.15 Å². The normalized spacial score (nSPS) is 10.8. The van der Waals surface area contributed by atoms with Crippen molar-refractivity contribution in [1.82, 2.24) is 9.29 Å². The van der Waals surface area contributed by atoms with E-state index in [0.717, 1.165) is 25.1 Å². The number of pyridine rings is 1. The van der Waals surface area contributed by atoms with E-state index in [2.05, 4.69) is 24.7 Å². The summed E-state index contributed by atoms with van der Waals surface area (Å²) in [4.78, 5) is 4.00. The van der Waals surface area contributed by atoms with Crippen molar-refractivity contribution in [2.75, 3.05) is 6.54 Å². The molecule has 0 unspecified atom stereocenters. The number of aromatic nitrogens is 1. The molecular formula is C9H13ClN2S. The molecule has 13 heavy (non-hydrogen) atoms. The van der Waals surface area contributed by atoms with Crippen molar-refractivity contribution in [3.63, 3.8) is 0 Å². The van der Waals surface area contributed by atoms with Crippen LogP contribution in [-0.2, 0) is 6.54 Å². The standard InChI is InChI=1S/C9H13ClN2S/c1-2-6-12(13)7-8-4-3-5-11-9(8)10/h3-5,13H,2,6-7H2,1H3. The van der Waals surface area contributed by atoms with Gasteiger partial charge in [-0.3, -0.25) is 0 Å². The Balaban J connectivity index is 2.58. The van der Waals surface area contributed by atoms with Gasteiger partial charge in [-0.15, -0.1) is 0 Å². The zero-order valence-corrected chi connectivity index (χ0v) is 9.22. The average Bonchev–Trinajstić information content (AvgIpc) is 2.09. The van der Waals surface area contributed by atoms with Crippen LogP contribution in [0.4, 0.5) is 0 Å². The van der Waals surface area contributed by atoms with Gasteiger partial charge in [0.25, 0.3) is 0 Å². The minimum absolute atomic E-state index is 0.567. The van der Waals surface area contributed by atoms with Crippen LogP contribution in [0, 0.1) is 0 Å². The van der Waals surface area contributed by atoms with E-state index in [9.17, 15) is 0 Å². The fourth-order valence-electron chi connectivity index (χ4n) is 1.07. The quantitative estimate of drug-likeness (QED) is 0.616. The first-order chi connectivity index (χ1) is 6.24. The number of thiol groups is 1. The Labute approximate surface area is 89.5 Å². The second kappa shape index (κ2) is 5.47. The van der Waals surface area contributed by atoms with Gasteiger partial charge in [0.1, 0.15) is 5.15 Å². The van der Waals surface area contributed by atoms with Gasteiger partial charge in [-0.2, -0.15) is 0 Å². The molecule has 0 amide bonds. The molecule has 1 rings (SSSR count). The topological polar surface area (TPSA) is 16.1 Å². The lowest BCUT2D eigenvalue weighted by Crippen LogP contribution is -2.12. The van der Waals surface area contributed by atoms with Crippen LogP contribution in [0.15, 0.2) is 18.3 Å². The zero-order valence-electron chi connectivity index (χ0n) is 7.57. The van der Waals surface area contributed by atoms with Crippen LogP contribution in [0.5, 0.6) is 0 Å². The Hall–Kier alpha value is -0.250. The van der Waals surface area contributed by atoms with E-state index in [4.69, 9.17) is 11.6 Å². The molecule has 0 aromatic carbocycles. The van der Waals surface area contributed by atoms with Crippen molar-refractivity contribution in [3.05, 3.63) is 29.0 Å². The monoisotopic (exact) mass is 216 g/mol. The molecule has 0 fully saturated rings. The smallest absolute Gasteiger partial charge is 0.133 e. The molecule has 0 bridgehead atoms. The summed E-state index contributed by atoms with van der Waals surface area (Å²) in [6.07, 6.45) is 2.77. The van der Waals surface area contributed by atoms with Crippen molar-refractivity contribution in [2.45, 2.75) is 19.9 Å². The molecule has 1 heterocycles. The van der Waals surface area contributed by atoms with Crippen LogP contribution in [0.3, 0.4) is 0 Å². The first-order valence-electron chi connectivity index (χ1n) is 4.27. The highest BCUT2D eigenvalue weighted by atomic mass is 35.5. The molecule has 4 heteroatoms. The first-order valence-corrected chi connectivity index (χ1v) is 5.05. The minimum atomic E-state index is 0.567. The van der Waals surface area contributed by atoms with Gasteiger partial charge < -0.3 is 0 Å². The van der Waals surface area contributed by atoms with Crippen molar-refractivity contribution < 1.29 is 0 Å². The number of rotatable bonds is 4. The van der Waals surface area contributed by atoms with Crippen molar-refractivity contribution in [2.24, 2.45) is 0 Å². The molecular weight excluding hydrogens is 204 g/mol. The Morgan fingerprint density at radius 1 is 1.62 bits per heavy atom. The molecule has 0 aliphatic carbocycles. The molecule has 2 nitrogen and oxygen atoms in total. The van der Waals surface area contributed by atoms with Crippen molar-refractivity contribution >= 4 is 24.4 Å². The molecule has 0 N–H and O–H groups in total. The van der Waals surface area contributed by atoms with Crippen LogP contribution < -0.4 is 0 Å². The van der Waals surface area contributed by atoms with Crippen LogP contribution in [-0.4, -0.2) is 15.8 Å². The summed E-state index contributed by atoms with van der Waals surface area (Å²) >= 11 is 10.2. The van der Waals surface area contributed by atoms with Gasteiger partial charge >= 0.3 is 0 Å². The Kier molecular flexibility index (Phi) is 4.56. The fraction of sp³-hybridized carbons (Fsp3) is 0.444. The molecule has 0 aliphatic rings. The summed E-state index contributed by atoms with van der Waals surface area (Å²) in [5.74, 6) is 0.